The van der Waals surface area contributed by atoms with Gasteiger partial charge in [0.1, 0.15) is 0 Å². The van der Waals surface area contributed by atoms with Crippen molar-refractivity contribution in [1.82, 2.24) is 25.2 Å². The second-order valence-electron chi connectivity index (χ2n) is 4.35. The summed E-state index contributed by atoms with van der Waals surface area (Å²) in [5.41, 5.74) is -0.627. The molecule has 2 aromatic heterocycles. The molecule has 11 heteroatoms. The van der Waals surface area contributed by atoms with Gasteiger partial charge < -0.3 is 5.11 Å². The number of rotatable bonds is 5. The van der Waals surface area contributed by atoms with E-state index in [0.717, 1.165) is 36.9 Å². The van der Waals surface area contributed by atoms with Crippen LogP contribution in [-0.4, -0.2) is 41.2 Å². The smallest absolute Gasteiger partial charge is 0.337 e. The average Bonchev–Trinajstić information content (AvgIpc) is 3.19. The lowest BCUT2D eigenvalue weighted by atomic mass is 10.3. The summed E-state index contributed by atoms with van der Waals surface area (Å²) in [6, 6.07) is 1.20. The van der Waals surface area contributed by atoms with Gasteiger partial charge in [-0.1, -0.05) is 0 Å². The summed E-state index contributed by atoms with van der Waals surface area (Å²) in [7, 11) is 0. The standard InChI is InChI=1S/C10H8N6O4S/c17-9(18)5-3-7(16(19)20)8(11-4-5)21-10-12-13-14-15(10)6-1-2-6/h3-4,6H,1-2H2,(H,17,18). The van der Waals surface area contributed by atoms with Crippen molar-refractivity contribution in [2.75, 3.05) is 0 Å². The number of nitro groups is 1. The average molecular weight is 308 g/mol. The lowest BCUT2D eigenvalue weighted by molar-refractivity contribution is -0.388. The minimum atomic E-state index is -1.27. The third-order valence-electron chi connectivity index (χ3n) is 2.82. The summed E-state index contributed by atoms with van der Waals surface area (Å²) in [4.78, 5) is 25.1. The number of carboxylic acid groups (broad SMARTS) is 1. The molecule has 0 aliphatic heterocycles. The highest BCUT2D eigenvalue weighted by atomic mass is 32.2. The van der Waals surface area contributed by atoms with Gasteiger partial charge in [0.25, 0.3) is 0 Å². The predicted molar refractivity (Wildman–Crippen MR) is 68.1 cm³/mol. The van der Waals surface area contributed by atoms with E-state index < -0.39 is 10.9 Å². The Labute approximate surface area is 121 Å². The molecule has 1 saturated carbocycles. The third-order valence-corrected chi connectivity index (χ3v) is 3.78. The second kappa shape index (κ2) is 5.09. The van der Waals surface area contributed by atoms with E-state index in [1.165, 1.54) is 0 Å². The van der Waals surface area contributed by atoms with Crippen LogP contribution in [0.3, 0.4) is 0 Å². The minimum Gasteiger partial charge on any atom is -0.478 e. The number of hydrogen-bond acceptors (Lipinski definition) is 8. The summed E-state index contributed by atoms with van der Waals surface area (Å²) in [6.07, 6.45) is 3.00. The first kappa shape index (κ1) is 13.4. The van der Waals surface area contributed by atoms with Crippen LogP contribution in [-0.2, 0) is 0 Å². The fourth-order valence-electron chi connectivity index (χ4n) is 1.65. The van der Waals surface area contributed by atoms with Crippen molar-refractivity contribution >= 4 is 23.4 Å². The van der Waals surface area contributed by atoms with Crippen molar-refractivity contribution in [3.05, 3.63) is 27.9 Å². The van der Waals surface area contributed by atoms with Gasteiger partial charge in [-0.15, -0.1) is 5.10 Å². The Bertz CT molecular complexity index is 728. The maximum Gasteiger partial charge on any atom is 0.337 e. The zero-order valence-electron chi connectivity index (χ0n) is 10.4. The number of pyridine rings is 1. The molecule has 0 saturated heterocycles. The van der Waals surface area contributed by atoms with Gasteiger partial charge in [-0.05, 0) is 35.0 Å². The molecule has 1 aliphatic carbocycles. The van der Waals surface area contributed by atoms with Crippen LogP contribution in [0.25, 0.3) is 0 Å². The van der Waals surface area contributed by atoms with Crippen LogP contribution in [0.1, 0.15) is 29.2 Å². The molecule has 108 valence electrons. The highest BCUT2D eigenvalue weighted by molar-refractivity contribution is 7.99. The molecule has 0 spiro atoms. The summed E-state index contributed by atoms with van der Waals surface area (Å²) in [5, 5.41) is 31.6. The summed E-state index contributed by atoms with van der Waals surface area (Å²) < 4.78 is 1.60. The lowest BCUT2D eigenvalue weighted by Crippen LogP contribution is -2.03. The monoisotopic (exact) mass is 308 g/mol. The Hall–Kier alpha value is -2.56. The zero-order chi connectivity index (χ0) is 15.0. The Balaban J connectivity index is 1.95. The van der Waals surface area contributed by atoms with E-state index >= 15 is 0 Å². The molecule has 1 aliphatic rings. The van der Waals surface area contributed by atoms with E-state index in [0.29, 0.717) is 5.16 Å². The minimum absolute atomic E-state index is 0.0571. The van der Waals surface area contributed by atoms with Gasteiger partial charge >= 0.3 is 11.7 Å². The second-order valence-corrected chi connectivity index (χ2v) is 5.31. The van der Waals surface area contributed by atoms with Gasteiger partial charge in [0.15, 0.2) is 5.03 Å². The van der Waals surface area contributed by atoms with Crippen molar-refractivity contribution in [1.29, 1.82) is 0 Å². The molecule has 2 heterocycles. The van der Waals surface area contributed by atoms with E-state index in [2.05, 4.69) is 20.5 Å². The number of tetrazole rings is 1. The molecule has 21 heavy (non-hydrogen) atoms. The van der Waals surface area contributed by atoms with Crippen LogP contribution in [0, 0.1) is 10.1 Å². The number of aromatic carboxylic acids is 1. The largest absolute Gasteiger partial charge is 0.478 e. The molecule has 0 aromatic carbocycles. The van der Waals surface area contributed by atoms with E-state index in [4.69, 9.17) is 5.11 Å². The molecular formula is C10H8N6O4S. The molecule has 10 nitrogen and oxygen atoms in total. The fourth-order valence-corrected chi connectivity index (χ4v) is 2.53. The maximum absolute atomic E-state index is 11.1. The van der Waals surface area contributed by atoms with E-state index in [-0.39, 0.29) is 22.3 Å². The molecule has 0 radical (unpaired) electrons. The quantitative estimate of drug-likeness (QED) is 0.636. The van der Waals surface area contributed by atoms with Crippen LogP contribution < -0.4 is 0 Å². The van der Waals surface area contributed by atoms with Crippen molar-refractivity contribution in [3.8, 4) is 0 Å². The first-order valence-corrected chi connectivity index (χ1v) is 6.71. The van der Waals surface area contributed by atoms with Crippen LogP contribution in [0.5, 0.6) is 0 Å². The molecule has 3 rings (SSSR count). The van der Waals surface area contributed by atoms with Crippen LogP contribution in [0.4, 0.5) is 5.69 Å². The predicted octanol–water partition coefficient (Wildman–Crippen LogP) is 1.16. The van der Waals surface area contributed by atoms with Gasteiger partial charge in [-0.3, -0.25) is 10.1 Å². The Morgan fingerprint density at radius 1 is 1.52 bits per heavy atom. The molecule has 0 unspecified atom stereocenters. The lowest BCUT2D eigenvalue weighted by Gasteiger charge is -2.03. The summed E-state index contributed by atoms with van der Waals surface area (Å²) >= 11 is 0.946. The van der Waals surface area contributed by atoms with Crippen LogP contribution in [0.15, 0.2) is 22.4 Å². The maximum atomic E-state index is 11.1. The normalized spacial score (nSPS) is 14.1. The van der Waals surface area contributed by atoms with Crippen LogP contribution in [0.2, 0.25) is 0 Å². The molecule has 1 fully saturated rings. The third kappa shape index (κ3) is 2.67. The Morgan fingerprint density at radius 2 is 2.29 bits per heavy atom. The van der Waals surface area contributed by atoms with Gasteiger partial charge in [-0.25, -0.2) is 14.5 Å². The van der Waals surface area contributed by atoms with Crippen molar-refractivity contribution in [2.24, 2.45) is 0 Å². The van der Waals surface area contributed by atoms with Gasteiger partial charge in [0, 0.05) is 12.3 Å². The number of nitrogens with zero attached hydrogens (tertiary/aromatic N) is 6. The van der Waals surface area contributed by atoms with Crippen molar-refractivity contribution < 1.29 is 14.8 Å². The highest BCUT2D eigenvalue weighted by Gasteiger charge is 2.29. The van der Waals surface area contributed by atoms with E-state index in [1.807, 2.05) is 0 Å². The SMILES string of the molecule is O=C(O)c1cnc(Sc2nnnn2C2CC2)c([N+](=O)[O-])c1. The molecule has 0 atom stereocenters. The van der Waals surface area contributed by atoms with Crippen LogP contribution >= 0.6 is 11.8 Å². The van der Waals surface area contributed by atoms with E-state index in [9.17, 15) is 14.9 Å². The topological polar surface area (TPSA) is 137 Å². The summed E-state index contributed by atoms with van der Waals surface area (Å²) in [6.45, 7) is 0. The number of carboxylic acids is 1. The van der Waals surface area contributed by atoms with Gasteiger partial charge in [0.05, 0.1) is 16.5 Å². The van der Waals surface area contributed by atoms with Gasteiger partial charge in [-0.2, -0.15) is 0 Å². The van der Waals surface area contributed by atoms with Gasteiger partial charge in [0.2, 0.25) is 5.16 Å². The van der Waals surface area contributed by atoms with Crippen molar-refractivity contribution in [3.63, 3.8) is 0 Å². The number of hydrogen-bond donors (Lipinski definition) is 1. The fraction of sp³-hybridized carbons (Fsp3) is 0.300. The molecule has 0 amide bonds. The zero-order valence-corrected chi connectivity index (χ0v) is 11.2. The molecule has 2 aromatic rings. The number of carbonyl (C=O) groups is 1. The Morgan fingerprint density at radius 3 is 2.90 bits per heavy atom. The van der Waals surface area contributed by atoms with Crippen molar-refractivity contribution in [2.45, 2.75) is 29.1 Å². The summed E-state index contributed by atoms with van der Waals surface area (Å²) in [5.74, 6) is -1.27. The number of aromatic nitrogens is 5. The van der Waals surface area contributed by atoms with E-state index in [1.54, 1.807) is 4.68 Å². The Kier molecular flexibility index (Phi) is 3.25. The molecule has 1 N–H and O–H groups in total. The molecule has 0 bridgehead atoms. The molecular weight excluding hydrogens is 300 g/mol. The highest BCUT2D eigenvalue weighted by Crippen LogP contribution is 2.39. The first-order chi connectivity index (χ1) is 10.1. The first-order valence-electron chi connectivity index (χ1n) is 5.89.